The molecule has 18 heavy (non-hydrogen) atoms. The Morgan fingerprint density at radius 3 is 2.67 bits per heavy atom. The fraction of sp³-hybridized carbons (Fsp3) is 0.500. The maximum atomic E-state index is 11.6. The van der Waals surface area contributed by atoms with Crippen molar-refractivity contribution in [1.82, 2.24) is 5.32 Å². The number of benzene rings is 1. The Morgan fingerprint density at radius 1 is 1.22 bits per heavy atom. The van der Waals surface area contributed by atoms with E-state index >= 15 is 0 Å². The molecular formula is C14H19NO2S. The van der Waals surface area contributed by atoms with Crippen molar-refractivity contribution in [3.63, 3.8) is 0 Å². The van der Waals surface area contributed by atoms with Crippen molar-refractivity contribution in [2.24, 2.45) is 0 Å². The number of hydrogen-bond donors (Lipinski definition) is 1. The summed E-state index contributed by atoms with van der Waals surface area (Å²) < 4.78 is 5.16. The average Bonchev–Trinajstić information content (AvgIpc) is 2.41. The summed E-state index contributed by atoms with van der Waals surface area (Å²) >= 11 is 1.13. The Morgan fingerprint density at radius 2 is 1.94 bits per heavy atom. The van der Waals surface area contributed by atoms with E-state index in [1.54, 1.807) is 0 Å². The Kier molecular flexibility index (Phi) is 5.55. The highest BCUT2D eigenvalue weighted by Crippen LogP contribution is 2.20. The van der Waals surface area contributed by atoms with Gasteiger partial charge in [-0.15, -0.1) is 0 Å². The van der Waals surface area contributed by atoms with E-state index in [2.05, 4.69) is 5.32 Å². The van der Waals surface area contributed by atoms with Crippen LogP contribution < -0.4 is 5.32 Å². The van der Waals surface area contributed by atoms with Gasteiger partial charge in [0, 0.05) is 10.9 Å². The molecule has 0 heterocycles. The van der Waals surface area contributed by atoms with Gasteiger partial charge in [0.25, 0.3) is 0 Å². The number of rotatable bonds is 4. The molecular weight excluding hydrogens is 246 g/mol. The summed E-state index contributed by atoms with van der Waals surface area (Å²) in [5.41, 5.74) is 0. The van der Waals surface area contributed by atoms with Crippen LogP contribution in [0.4, 0.5) is 4.79 Å². The van der Waals surface area contributed by atoms with Gasteiger partial charge in [-0.2, -0.15) is 0 Å². The number of carbonyl (C=O) groups is 1. The highest BCUT2D eigenvalue weighted by Gasteiger charge is 2.13. The summed E-state index contributed by atoms with van der Waals surface area (Å²) in [7, 11) is 0. The highest BCUT2D eigenvalue weighted by atomic mass is 32.2. The molecule has 0 aliphatic heterocycles. The van der Waals surface area contributed by atoms with Gasteiger partial charge in [0.15, 0.2) is 0 Å². The molecule has 0 unspecified atom stereocenters. The maximum Gasteiger partial charge on any atom is 0.373 e. The third-order valence-corrected chi connectivity index (χ3v) is 3.90. The normalized spacial score (nSPS) is 16.4. The molecule has 1 aromatic rings. The van der Waals surface area contributed by atoms with Crippen molar-refractivity contribution in [2.75, 3.05) is 6.73 Å². The van der Waals surface area contributed by atoms with Crippen molar-refractivity contribution in [2.45, 2.75) is 43.0 Å². The lowest BCUT2D eigenvalue weighted by Crippen LogP contribution is -2.33. The minimum absolute atomic E-state index is 0.246. The molecule has 4 heteroatoms. The van der Waals surface area contributed by atoms with Crippen LogP contribution in [0.25, 0.3) is 0 Å². The molecule has 0 atom stereocenters. The van der Waals surface area contributed by atoms with E-state index in [4.69, 9.17) is 4.74 Å². The molecule has 0 spiro atoms. The minimum Gasteiger partial charge on any atom is -0.441 e. The number of thioether (sulfide) groups is 1. The van der Waals surface area contributed by atoms with Crippen molar-refractivity contribution in [1.29, 1.82) is 0 Å². The van der Waals surface area contributed by atoms with Crippen LogP contribution in [0, 0.1) is 0 Å². The monoisotopic (exact) mass is 265 g/mol. The first-order chi connectivity index (χ1) is 8.84. The summed E-state index contributed by atoms with van der Waals surface area (Å²) in [6.07, 6.45) is 6.29. The standard InChI is InChI=1S/C14H19NO2S/c16-14(18-13-9-5-2-6-10-13)17-11-15-12-7-3-1-4-8-12/h2,5-6,9-10,12,15H,1,3-4,7-8,11H2. The van der Waals surface area contributed by atoms with E-state index in [-0.39, 0.29) is 5.30 Å². The molecule has 1 aromatic carbocycles. The van der Waals surface area contributed by atoms with Crippen LogP contribution in [0.15, 0.2) is 35.2 Å². The highest BCUT2D eigenvalue weighted by molar-refractivity contribution is 8.13. The van der Waals surface area contributed by atoms with Gasteiger partial charge < -0.3 is 4.74 Å². The van der Waals surface area contributed by atoms with Gasteiger partial charge in [0.1, 0.15) is 6.73 Å². The van der Waals surface area contributed by atoms with E-state index in [1.807, 2.05) is 30.3 Å². The quantitative estimate of drug-likeness (QED) is 0.510. The third kappa shape index (κ3) is 4.70. The Hall–Kier alpha value is -1.00. The zero-order valence-electron chi connectivity index (χ0n) is 10.4. The summed E-state index contributed by atoms with van der Waals surface area (Å²) in [5, 5.41) is 3.04. The fourth-order valence-corrected chi connectivity index (χ4v) is 2.74. The molecule has 1 fully saturated rings. The Bertz CT molecular complexity index is 363. The van der Waals surface area contributed by atoms with E-state index in [0.29, 0.717) is 12.8 Å². The molecule has 0 amide bonds. The average molecular weight is 265 g/mol. The molecule has 2 rings (SSSR count). The van der Waals surface area contributed by atoms with Gasteiger partial charge in [-0.25, -0.2) is 4.79 Å². The van der Waals surface area contributed by atoms with Crippen molar-refractivity contribution < 1.29 is 9.53 Å². The van der Waals surface area contributed by atoms with Crippen molar-refractivity contribution >= 4 is 17.1 Å². The molecule has 0 aromatic heterocycles. The van der Waals surface area contributed by atoms with Crippen LogP contribution in [0.2, 0.25) is 0 Å². The van der Waals surface area contributed by atoms with E-state index < -0.39 is 0 Å². The van der Waals surface area contributed by atoms with Crippen molar-refractivity contribution in [3.05, 3.63) is 30.3 Å². The number of carbonyl (C=O) groups excluding carboxylic acids is 1. The molecule has 0 radical (unpaired) electrons. The number of nitrogens with one attached hydrogen (secondary N) is 1. The molecule has 1 aliphatic rings. The van der Waals surface area contributed by atoms with Crippen LogP contribution in [-0.4, -0.2) is 18.1 Å². The Balaban J connectivity index is 1.62. The zero-order chi connectivity index (χ0) is 12.6. The topological polar surface area (TPSA) is 38.3 Å². The predicted octanol–water partition coefficient (Wildman–Crippen LogP) is 3.80. The first-order valence-electron chi connectivity index (χ1n) is 6.47. The SMILES string of the molecule is O=C(OCNC1CCCCC1)Sc1ccccc1. The van der Waals surface area contributed by atoms with Crippen LogP contribution in [0.5, 0.6) is 0 Å². The third-order valence-electron chi connectivity index (χ3n) is 3.11. The van der Waals surface area contributed by atoms with Gasteiger partial charge in [0.2, 0.25) is 0 Å². The summed E-state index contributed by atoms with van der Waals surface area (Å²) in [4.78, 5) is 12.5. The predicted molar refractivity (Wildman–Crippen MR) is 73.7 cm³/mol. The number of ether oxygens (including phenoxy) is 1. The van der Waals surface area contributed by atoms with E-state index in [1.165, 1.54) is 32.1 Å². The second kappa shape index (κ2) is 7.44. The lowest BCUT2D eigenvalue weighted by molar-refractivity contribution is 0.154. The molecule has 98 valence electrons. The lowest BCUT2D eigenvalue weighted by atomic mass is 9.96. The molecule has 0 saturated heterocycles. The van der Waals surface area contributed by atoms with Gasteiger partial charge in [-0.3, -0.25) is 5.32 Å². The first-order valence-corrected chi connectivity index (χ1v) is 7.29. The van der Waals surface area contributed by atoms with E-state index in [0.717, 1.165) is 16.7 Å². The number of hydrogen-bond acceptors (Lipinski definition) is 4. The lowest BCUT2D eigenvalue weighted by Gasteiger charge is -2.22. The van der Waals surface area contributed by atoms with Gasteiger partial charge in [-0.1, -0.05) is 37.5 Å². The fourth-order valence-electron chi connectivity index (χ4n) is 2.14. The van der Waals surface area contributed by atoms with Gasteiger partial charge in [-0.05, 0) is 36.7 Å². The first kappa shape index (κ1) is 13.4. The van der Waals surface area contributed by atoms with Crippen LogP contribution in [-0.2, 0) is 4.74 Å². The van der Waals surface area contributed by atoms with Gasteiger partial charge >= 0.3 is 5.30 Å². The molecule has 0 bridgehead atoms. The zero-order valence-corrected chi connectivity index (χ0v) is 11.2. The van der Waals surface area contributed by atoms with Gasteiger partial charge in [0.05, 0.1) is 0 Å². The molecule has 1 N–H and O–H groups in total. The van der Waals surface area contributed by atoms with Crippen LogP contribution in [0.1, 0.15) is 32.1 Å². The van der Waals surface area contributed by atoms with Crippen molar-refractivity contribution in [3.8, 4) is 0 Å². The van der Waals surface area contributed by atoms with Crippen LogP contribution in [0.3, 0.4) is 0 Å². The Labute approximate surface area is 112 Å². The van der Waals surface area contributed by atoms with Crippen LogP contribution >= 0.6 is 11.8 Å². The second-order valence-electron chi connectivity index (χ2n) is 4.49. The summed E-state index contributed by atoms with van der Waals surface area (Å²) in [5.74, 6) is 0. The molecule has 1 aliphatic carbocycles. The molecule has 3 nitrogen and oxygen atoms in total. The smallest absolute Gasteiger partial charge is 0.373 e. The summed E-state index contributed by atoms with van der Waals surface area (Å²) in [6.45, 7) is 0.323. The second-order valence-corrected chi connectivity index (χ2v) is 5.50. The molecule has 1 saturated carbocycles. The van der Waals surface area contributed by atoms with E-state index in [9.17, 15) is 4.79 Å². The summed E-state index contributed by atoms with van der Waals surface area (Å²) in [6, 6.07) is 10.1. The largest absolute Gasteiger partial charge is 0.441 e. The maximum absolute atomic E-state index is 11.6. The minimum atomic E-state index is -0.246.